The Labute approximate surface area is 129 Å². The molecule has 0 heterocycles. The number of aryl methyl sites for hydroxylation is 1. The van der Waals surface area contributed by atoms with Gasteiger partial charge in [-0.25, -0.2) is 0 Å². The number of anilines is 1. The number of amides is 1. The number of benzene rings is 2. The van der Waals surface area contributed by atoms with Gasteiger partial charge >= 0.3 is 0 Å². The molecule has 0 aliphatic rings. The van der Waals surface area contributed by atoms with Gasteiger partial charge < -0.3 is 10.1 Å². The van der Waals surface area contributed by atoms with E-state index in [9.17, 15) is 4.79 Å². The Bertz CT molecular complexity index is 599. The minimum Gasteiger partial charge on any atom is -0.492 e. The molecule has 0 fully saturated rings. The lowest BCUT2D eigenvalue weighted by atomic mass is 10.2. The summed E-state index contributed by atoms with van der Waals surface area (Å²) >= 11 is 1.52. The molecule has 1 N–H and O–H groups in total. The highest BCUT2D eigenvalue weighted by atomic mass is 32.2. The Balaban J connectivity index is 1.96. The minimum absolute atomic E-state index is 0.0336. The number of nitrogens with one attached hydrogen (secondary N) is 1. The van der Waals surface area contributed by atoms with Crippen molar-refractivity contribution in [1.29, 1.82) is 0 Å². The van der Waals surface area contributed by atoms with Crippen LogP contribution in [0.5, 0.6) is 5.75 Å². The van der Waals surface area contributed by atoms with E-state index in [-0.39, 0.29) is 5.91 Å². The average molecular weight is 301 g/mol. The van der Waals surface area contributed by atoms with E-state index in [0.29, 0.717) is 12.4 Å². The van der Waals surface area contributed by atoms with E-state index in [2.05, 4.69) is 5.32 Å². The number of hydrogen-bond donors (Lipinski definition) is 1. The molecule has 0 aromatic heterocycles. The van der Waals surface area contributed by atoms with Crippen molar-refractivity contribution in [2.75, 3.05) is 17.7 Å². The minimum atomic E-state index is -0.0336. The Hall–Kier alpha value is -1.94. The molecule has 0 bridgehead atoms. The van der Waals surface area contributed by atoms with Gasteiger partial charge in [-0.3, -0.25) is 4.79 Å². The summed E-state index contributed by atoms with van der Waals surface area (Å²) in [5.74, 6) is 1.06. The zero-order valence-electron chi connectivity index (χ0n) is 12.3. The molecule has 0 aliphatic carbocycles. The number of carbonyl (C=O) groups is 1. The van der Waals surface area contributed by atoms with Crippen LogP contribution in [0.3, 0.4) is 0 Å². The molecule has 0 aliphatic heterocycles. The number of ether oxygens (including phenoxy) is 1. The largest absolute Gasteiger partial charge is 0.492 e. The molecule has 0 spiro atoms. The maximum Gasteiger partial charge on any atom is 0.234 e. The predicted octanol–water partition coefficient (Wildman–Crippen LogP) is 4.12. The highest BCUT2D eigenvalue weighted by Crippen LogP contribution is 2.26. The first-order valence-corrected chi connectivity index (χ1v) is 7.88. The van der Waals surface area contributed by atoms with Gasteiger partial charge in [0.05, 0.1) is 18.0 Å². The summed E-state index contributed by atoms with van der Waals surface area (Å²) < 4.78 is 5.56. The van der Waals surface area contributed by atoms with Crippen LogP contribution in [0.4, 0.5) is 5.69 Å². The summed E-state index contributed by atoms with van der Waals surface area (Å²) in [5, 5.41) is 2.91. The molecule has 0 unspecified atom stereocenters. The van der Waals surface area contributed by atoms with Gasteiger partial charge in [0, 0.05) is 4.90 Å². The maximum absolute atomic E-state index is 12.0. The number of hydrogen-bond acceptors (Lipinski definition) is 3. The molecule has 3 nitrogen and oxygen atoms in total. The summed E-state index contributed by atoms with van der Waals surface area (Å²) in [7, 11) is 0. The second-order valence-electron chi connectivity index (χ2n) is 4.58. The number of thioether (sulfide) groups is 1. The zero-order valence-corrected chi connectivity index (χ0v) is 13.1. The summed E-state index contributed by atoms with van der Waals surface area (Å²) in [6.45, 7) is 4.50. The highest BCUT2D eigenvalue weighted by Gasteiger charge is 2.08. The lowest BCUT2D eigenvalue weighted by Crippen LogP contribution is -2.15. The van der Waals surface area contributed by atoms with E-state index in [4.69, 9.17) is 4.74 Å². The average Bonchev–Trinajstić information content (AvgIpc) is 2.49. The van der Waals surface area contributed by atoms with E-state index in [0.717, 1.165) is 21.9 Å². The Morgan fingerprint density at radius 1 is 1.19 bits per heavy atom. The lowest BCUT2D eigenvalue weighted by molar-refractivity contribution is -0.113. The van der Waals surface area contributed by atoms with Crippen LogP contribution in [0.1, 0.15) is 12.5 Å². The van der Waals surface area contributed by atoms with Gasteiger partial charge in [0.15, 0.2) is 0 Å². The third-order valence-electron chi connectivity index (χ3n) is 2.82. The van der Waals surface area contributed by atoms with Crippen molar-refractivity contribution in [3.8, 4) is 5.75 Å². The van der Waals surface area contributed by atoms with Gasteiger partial charge in [-0.2, -0.15) is 0 Å². The first-order valence-electron chi connectivity index (χ1n) is 6.90. The van der Waals surface area contributed by atoms with Crippen LogP contribution < -0.4 is 10.1 Å². The van der Waals surface area contributed by atoms with E-state index < -0.39 is 0 Å². The molecule has 0 saturated carbocycles. The predicted molar refractivity (Wildman–Crippen MR) is 88.1 cm³/mol. The fourth-order valence-corrected chi connectivity index (χ4v) is 2.58. The molecule has 4 heteroatoms. The number of rotatable bonds is 6. The molecule has 2 aromatic rings. The Kier molecular flexibility index (Phi) is 5.69. The second-order valence-corrected chi connectivity index (χ2v) is 5.63. The second kappa shape index (κ2) is 7.74. The first-order chi connectivity index (χ1) is 10.2. The van der Waals surface area contributed by atoms with Gasteiger partial charge in [0.2, 0.25) is 5.91 Å². The van der Waals surface area contributed by atoms with Crippen LogP contribution in [-0.4, -0.2) is 18.3 Å². The highest BCUT2D eigenvalue weighted by molar-refractivity contribution is 8.00. The smallest absolute Gasteiger partial charge is 0.234 e. The molecular formula is C17H19NO2S. The normalized spacial score (nSPS) is 10.2. The van der Waals surface area contributed by atoms with Gasteiger partial charge in [0.25, 0.3) is 0 Å². The molecular weight excluding hydrogens is 282 g/mol. The summed E-state index contributed by atoms with van der Waals surface area (Å²) in [6.07, 6.45) is 0. The fraction of sp³-hybridized carbons (Fsp3) is 0.235. The van der Waals surface area contributed by atoms with Crippen molar-refractivity contribution in [2.24, 2.45) is 0 Å². The summed E-state index contributed by atoms with van der Waals surface area (Å²) in [5.41, 5.74) is 1.83. The van der Waals surface area contributed by atoms with Crippen LogP contribution in [-0.2, 0) is 4.79 Å². The molecule has 0 saturated heterocycles. The quantitative estimate of drug-likeness (QED) is 0.815. The Morgan fingerprint density at radius 3 is 2.67 bits per heavy atom. The van der Waals surface area contributed by atoms with Gasteiger partial charge in [-0.05, 0) is 43.7 Å². The topological polar surface area (TPSA) is 38.3 Å². The molecule has 0 atom stereocenters. The monoisotopic (exact) mass is 301 g/mol. The van der Waals surface area contributed by atoms with E-state index >= 15 is 0 Å². The van der Waals surface area contributed by atoms with Crippen LogP contribution >= 0.6 is 11.8 Å². The van der Waals surface area contributed by atoms with Crippen LogP contribution in [0.25, 0.3) is 0 Å². The van der Waals surface area contributed by atoms with Crippen molar-refractivity contribution < 1.29 is 9.53 Å². The van der Waals surface area contributed by atoms with Crippen molar-refractivity contribution in [3.05, 3.63) is 54.1 Å². The van der Waals surface area contributed by atoms with E-state index in [1.54, 1.807) is 0 Å². The van der Waals surface area contributed by atoms with E-state index in [1.165, 1.54) is 11.8 Å². The summed E-state index contributed by atoms with van der Waals surface area (Å²) in [4.78, 5) is 13.1. The van der Waals surface area contributed by atoms with Crippen molar-refractivity contribution in [1.82, 2.24) is 0 Å². The van der Waals surface area contributed by atoms with Gasteiger partial charge in [0.1, 0.15) is 5.75 Å². The van der Waals surface area contributed by atoms with Crippen LogP contribution in [0.15, 0.2) is 53.4 Å². The molecule has 2 aromatic carbocycles. The molecule has 110 valence electrons. The summed E-state index contributed by atoms with van der Waals surface area (Å²) in [6, 6.07) is 15.7. The standard InChI is InChI=1S/C17H19NO2S/c1-3-20-16-11-13(2)9-10-15(16)18-17(19)12-21-14-7-5-4-6-8-14/h4-11H,3,12H2,1-2H3,(H,18,19). The zero-order chi connectivity index (χ0) is 15.1. The van der Waals surface area contributed by atoms with Crippen LogP contribution in [0.2, 0.25) is 0 Å². The lowest BCUT2D eigenvalue weighted by Gasteiger charge is -2.12. The van der Waals surface area contributed by atoms with E-state index in [1.807, 2.05) is 62.4 Å². The number of carbonyl (C=O) groups excluding carboxylic acids is 1. The Morgan fingerprint density at radius 2 is 1.95 bits per heavy atom. The van der Waals surface area contributed by atoms with Gasteiger partial charge in [-0.15, -0.1) is 11.8 Å². The maximum atomic E-state index is 12.0. The fourth-order valence-electron chi connectivity index (χ4n) is 1.86. The van der Waals surface area contributed by atoms with Crippen LogP contribution in [0, 0.1) is 6.92 Å². The molecule has 0 radical (unpaired) electrons. The first kappa shape index (κ1) is 15.4. The SMILES string of the molecule is CCOc1cc(C)ccc1NC(=O)CSc1ccccc1. The molecule has 2 rings (SSSR count). The van der Waals surface area contributed by atoms with Crippen molar-refractivity contribution in [3.63, 3.8) is 0 Å². The van der Waals surface area contributed by atoms with Gasteiger partial charge in [-0.1, -0.05) is 24.3 Å². The molecule has 1 amide bonds. The third kappa shape index (κ3) is 4.83. The van der Waals surface area contributed by atoms with Crippen molar-refractivity contribution in [2.45, 2.75) is 18.7 Å². The molecule has 21 heavy (non-hydrogen) atoms. The third-order valence-corrected chi connectivity index (χ3v) is 3.84. The van der Waals surface area contributed by atoms with Crippen molar-refractivity contribution >= 4 is 23.4 Å².